The maximum atomic E-state index is 10.8. The Kier molecular flexibility index (Phi) is 4.19. The van der Waals surface area contributed by atoms with E-state index < -0.39 is 5.97 Å². The quantitative estimate of drug-likeness (QED) is 0.661. The van der Waals surface area contributed by atoms with Crippen molar-refractivity contribution >= 4 is 21.9 Å². The van der Waals surface area contributed by atoms with Crippen molar-refractivity contribution in [1.29, 1.82) is 0 Å². The minimum Gasteiger partial charge on any atom is -0.496 e. The lowest BCUT2D eigenvalue weighted by Crippen LogP contribution is -2.00. The molecule has 0 aliphatic rings. The van der Waals surface area contributed by atoms with Crippen LogP contribution in [0.2, 0.25) is 0 Å². The molecule has 1 rings (SSSR count). The summed E-state index contributed by atoms with van der Waals surface area (Å²) in [7, 11) is 1.43. The summed E-state index contributed by atoms with van der Waals surface area (Å²) in [6.07, 6.45) is 0. The van der Waals surface area contributed by atoms with Crippen molar-refractivity contribution in [1.82, 2.24) is 0 Å². The zero-order valence-corrected chi connectivity index (χ0v) is 9.67. The van der Waals surface area contributed by atoms with Crippen LogP contribution in [0.4, 0.5) is 0 Å². The summed E-state index contributed by atoms with van der Waals surface area (Å²) in [4.78, 5) is 10.8. The molecule has 0 spiro atoms. The first-order chi connectivity index (χ1) is 7.19. The number of hydrogen-bond acceptors (Lipinski definition) is 2. The lowest BCUT2D eigenvalue weighted by atomic mass is 10.1. The van der Waals surface area contributed by atoms with Crippen molar-refractivity contribution < 1.29 is 14.6 Å². The maximum Gasteiger partial charge on any atom is 0.339 e. The molecule has 78 valence electrons. The molecule has 0 atom stereocenters. The average molecular weight is 269 g/mol. The van der Waals surface area contributed by atoms with E-state index in [1.54, 1.807) is 12.1 Å². The number of halogens is 1. The highest BCUT2D eigenvalue weighted by Crippen LogP contribution is 2.19. The highest BCUT2D eigenvalue weighted by atomic mass is 79.9. The minimum absolute atomic E-state index is 0.141. The molecule has 0 bridgehead atoms. The highest BCUT2D eigenvalue weighted by molar-refractivity contribution is 9.09. The minimum atomic E-state index is -1.01. The second-order valence-electron chi connectivity index (χ2n) is 2.66. The van der Waals surface area contributed by atoms with Crippen LogP contribution in [-0.2, 0) is 0 Å². The predicted octanol–water partition coefficient (Wildman–Crippen LogP) is 2.14. The molecular weight excluding hydrogens is 260 g/mol. The van der Waals surface area contributed by atoms with Crippen LogP contribution >= 0.6 is 15.9 Å². The van der Waals surface area contributed by atoms with Gasteiger partial charge in [0.25, 0.3) is 0 Å². The standard InChI is InChI=1S/C11H9BrO3/c1-15-10-7-8(3-2-6-12)4-5-9(10)11(13)14/h4-5,7H,6H2,1H3,(H,13,14). The van der Waals surface area contributed by atoms with Gasteiger partial charge < -0.3 is 9.84 Å². The molecule has 0 unspecified atom stereocenters. The molecule has 0 aromatic heterocycles. The van der Waals surface area contributed by atoms with E-state index in [4.69, 9.17) is 9.84 Å². The van der Waals surface area contributed by atoms with Crippen molar-refractivity contribution in [2.45, 2.75) is 0 Å². The molecule has 1 N–H and O–H groups in total. The summed E-state index contributed by atoms with van der Waals surface area (Å²) in [5.74, 6) is 5.01. The Bertz CT molecular complexity index is 429. The van der Waals surface area contributed by atoms with Gasteiger partial charge in [0, 0.05) is 5.56 Å². The van der Waals surface area contributed by atoms with E-state index in [-0.39, 0.29) is 5.56 Å². The fourth-order valence-corrected chi connectivity index (χ4v) is 1.22. The van der Waals surface area contributed by atoms with E-state index in [2.05, 4.69) is 27.8 Å². The van der Waals surface area contributed by atoms with Crippen LogP contribution in [0, 0.1) is 11.8 Å². The molecule has 0 radical (unpaired) electrons. The summed E-state index contributed by atoms with van der Waals surface area (Å²) in [6, 6.07) is 4.75. The maximum absolute atomic E-state index is 10.8. The fraction of sp³-hybridized carbons (Fsp3) is 0.182. The summed E-state index contributed by atoms with van der Waals surface area (Å²) < 4.78 is 4.97. The second-order valence-corrected chi connectivity index (χ2v) is 3.22. The number of ether oxygens (including phenoxy) is 1. The van der Waals surface area contributed by atoms with E-state index in [0.717, 1.165) is 5.56 Å². The summed E-state index contributed by atoms with van der Waals surface area (Å²) in [6.45, 7) is 0. The van der Waals surface area contributed by atoms with Crippen molar-refractivity contribution in [3.8, 4) is 17.6 Å². The molecule has 1 aromatic carbocycles. The van der Waals surface area contributed by atoms with E-state index >= 15 is 0 Å². The number of hydrogen-bond donors (Lipinski definition) is 1. The van der Waals surface area contributed by atoms with Gasteiger partial charge >= 0.3 is 5.97 Å². The SMILES string of the molecule is COc1cc(C#CCBr)ccc1C(=O)O. The molecule has 0 saturated heterocycles. The van der Waals surface area contributed by atoms with E-state index in [1.165, 1.54) is 13.2 Å². The highest BCUT2D eigenvalue weighted by Gasteiger charge is 2.10. The Morgan fingerprint density at radius 3 is 2.87 bits per heavy atom. The lowest BCUT2D eigenvalue weighted by Gasteiger charge is -2.04. The molecule has 0 saturated carbocycles. The number of carboxylic acids is 1. The van der Waals surface area contributed by atoms with Gasteiger partial charge in [-0.2, -0.15) is 0 Å². The first kappa shape index (κ1) is 11.6. The molecule has 0 aliphatic carbocycles. The molecule has 4 heteroatoms. The number of alkyl halides is 1. The number of benzene rings is 1. The number of carboxylic acid groups (broad SMARTS) is 1. The zero-order chi connectivity index (χ0) is 11.3. The van der Waals surface area contributed by atoms with E-state index in [0.29, 0.717) is 11.1 Å². The zero-order valence-electron chi connectivity index (χ0n) is 8.08. The molecule has 1 aromatic rings. The van der Waals surface area contributed by atoms with Crippen LogP contribution in [0.15, 0.2) is 18.2 Å². The first-order valence-corrected chi connectivity index (χ1v) is 5.27. The third-order valence-electron chi connectivity index (χ3n) is 1.73. The Balaban J connectivity index is 3.13. The lowest BCUT2D eigenvalue weighted by molar-refractivity contribution is 0.0693. The molecule has 3 nitrogen and oxygen atoms in total. The van der Waals surface area contributed by atoms with Gasteiger partial charge in [-0.25, -0.2) is 4.79 Å². The average Bonchev–Trinajstić information content (AvgIpc) is 2.25. The molecular formula is C11H9BrO3. The van der Waals surface area contributed by atoms with Crippen molar-refractivity contribution in [3.05, 3.63) is 29.3 Å². The summed E-state index contributed by atoms with van der Waals surface area (Å²) in [5.41, 5.74) is 0.873. The van der Waals surface area contributed by atoms with Gasteiger partial charge in [-0.1, -0.05) is 27.8 Å². The van der Waals surface area contributed by atoms with Crippen LogP contribution in [0.25, 0.3) is 0 Å². The number of methoxy groups -OCH3 is 1. The first-order valence-electron chi connectivity index (χ1n) is 4.15. The Morgan fingerprint density at radius 1 is 1.60 bits per heavy atom. The van der Waals surface area contributed by atoms with Gasteiger partial charge in [-0.05, 0) is 18.2 Å². The third-order valence-corrected chi connectivity index (χ3v) is 2.01. The Morgan fingerprint density at radius 2 is 2.33 bits per heavy atom. The van der Waals surface area contributed by atoms with Crippen LogP contribution in [0.1, 0.15) is 15.9 Å². The van der Waals surface area contributed by atoms with Gasteiger partial charge in [0.1, 0.15) is 11.3 Å². The van der Waals surface area contributed by atoms with Gasteiger partial charge in [-0.15, -0.1) is 0 Å². The van der Waals surface area contributed by atoms with Crippen LogP contribution in [0.3, 0.4) is 0 Å². The van der Waals surface area contributed by atoms with Gasteiger partial charge in [0.2, 0.25) is 0 Å². The topological polar surface area (TPSA) is 46.5 Å². The second kappa shape index (κ2) is 5.42. The molecule has 0 aliphatic heterocycles. The number of aromatic carboxylic acids is 1. The monoisotopic (exact) mass is 268 g/mol. The fourth-order valence-electron chi connectivity index (χ4n) is 1.08. The largest absolute Gasteiger partial charge is 0.496 e. The van der Waals surface area contributed by atoms with Crippen LogP contribution in [0.5, 0.6) is 5.75 Å². The smallest absolute Gasteiger partial charge is 0.339 e. The van der Waals surface area contributed by atoms with Crippen molar-refractivity contribution in [3.63, 3.8) is 0 Å². The molecule has 0 amide bonds. The molecule has 0 fully saturated rings. The normalized spacial score (nSPS) is 8.93. The van der Waals surface area contributed by atoms with Crippen molar-refractivity contribution in [2.24, 2.45) is 0 Å². The van der Waals surface area contributed by atoms with Gasteiger partial charge in [-0.3, -0.25) is 0 Å². The van der Waals surface area contributed by atoms with E-state index in [9.17, 15) is 4.79 Å². The number of carbonyl (C=O) groups is 1. The van der Waals surface area contributed by atoms with Crippen LogP contribution < -0.4 is 4.74 Å². The van der Waals surface area contributed by atoms with Gasteiger partial charge in [0.05, 0.1) is 12.4 Å². The summed E-state index contributed by atoms with van der Waals surface area (Å²) >= 11 is 3.18. The van der Waals surface area contributed by atoms with Crippen LogP contribution in [-0.4, -0.2) is 23.5 Å². The third kappa shape index (κ3) is 3.00. The molecule has 0 heterocycles. The van der Waals surface area contributed by atoms with Crippen molar-refractivity contribution in [2.75, 3.05) is 12.4 Å². The Labute approximate surface area is 96.2 Å². The Hall–Kier alpha value is -1.47. The predicted molar refractivity (Wildman–Crippen MR) is 60.6 cm³/mol. The molecule has 15 heavy (non-hydrogen) atoms. The number of rotatable bonds is 2. The summed E-state index contributed by atoms with van der Waals surface area (Å²) in [5, 5.41) is 9.42. The van der Waals surface area contributed by atoms with Gasteiger partial charge in [0.15, 0.2) is 0 Å². The van der Waals surface area contributed by atoms with E-state index in [1.807, 2.05) is 0 Å².